The Hall–Kier alpha value is -2.74. The maximum absolute atomic E-state index is 6.29. The minimum absolute atomic E-state index is 0.923. The lowest BCUT2D eigenvalue weighted by Gasteiger charge is -2.32. The Morgan fingerprint density at radius 3 is 2.86 bits per heavy atom. The molecule has 0 aromatic heterocycles. The number of rotatable bonds is 0. The van der Waals surface area contributed by atoms with Crippen molar-refractivity contribution in [2.45, 2.75) is 6.42 Å². The summed E-state index contributed by atoms with van der Waals surface area (Å²) in [5.74, 6) is 1.94. The van der Waals surface area contributed by atoms with E-state index in [0.29, 0.717) is 0 Å². The lowest BCUT2D eigenvalue weighted by atomic mass is 9.91. The Balaban J connectivity index is 1.87. The second kappa shape index (κ2) is 4.14. The summed E-state index contributed by atoms with van der Waals surface area (Å²) in [6.45, 7) is 0. The number of allylic oxidation sites excluding steroid dienone is 1. The van der Waals surface area contributed by atoms with Crippen molar-refractivity contribution in [3.05, 3.63) is 65.7 Å². The zero-order chi connectivity index (χ0) is 14.7. The van der Waals surface area contributed by atoms with Crippen molar-refractivity contribution in [1.82, 2.24) is 0 Å². The summed E-state index contributed by atoms with van der Waals surface area (Å²) < 4.78 is 6.29. The number of fused-ring (bicyclic) bond motifs is 3. The molecule has 2 heteroatoms. The van der Waals surface area contributed by atoms with Crippen LogP contribution in [0, 0.1) is 0 Å². The fourth-order valence-corrected chi connectivity index (χ4v) is 3.60. The van der Waals surface area contributed by atoms with Crippen molar-refractivity contribution in [2.24, 2.45) is 0 Å². The van der Waals surface area contributed by atoms with Crippen LogP contribution in [0.1, 0.15) is 11.1 Å². The van der Waals surface area contributed by atoms with Crippen molar-refractivity contribution in [2.75, 3.05) is 11.9 Å². The van der Waals surface area contributed by atoms with Crippen molar-refractivity contribution < 1.29 is 4.74 Å². The number of benzene rings is 3. The van der Waals surface area contributed by atoms with E-state index in [1.165, 1.54) is 21.9 Å². The first-order chi connectivity index (χ1) is 10.8. The van der Waals surface area contributed by atoms with Gasteiger partial charge in [-0.05, 0) is 41.0 Å². The smallest absolute Gasteiger partial charge is 0.155 e. The molecule has 0 atom stereocenters. The number of anilines is 2. The molecular weight excluding hydrogens is 270 g/mol. The molecule has 1 heterocycles. The Morgan fingerprint density at radius 1 is 1.00 bits per heavy atom. The third-order valence-electron chi connectivity index (χ3n) is 4.65. The molecule has 1 aliphatic carbocycles. The predicted octanol–water partition coefficient (Wildman–Crippen LogP) is 5.28. The van der Waals surface area contributed by atoms with Crippen molar-refractivity contribution in [3.8, 4) is 11.5 Å². The van der Waals surface area contributed by atoms with Crippen LogP contribution < -0.4 is 9.64 Å². The molecule has 0 unspecified atom stereocenters. The van der Waals surface area contributed by atoms with Crippen molar-refractivity contribution in [1.29, 1.82) is 0 Å². The predicted molar refractivity (Wildman–Crippen MR) is 91.3 cm³/mol. The van der Waals surface area contributed by atoms with Gasteiger partial charge < -0.3 is 9.64 Å². The first-order valence-electron chi connectivity index (χ1n) is 7.59. The van der Waals surface area contributed by atoms with Crippen LogP contribution in [0.5, 0.6) is 11.5 Å². The number of hydrogen-bond acceptors (Lipinski definition) is 2. The molecule has 106 valence electrons. The quantitative estimate of drug-likeness (QED) is 0.557. The number of para-hydroxylation sites is 2. The summed E-state index contributed by atoms with van der Waals surface area (Å²) in [5, 5.41) is 2.61. The molecule has 0 saturated heterocycles. The molecular formula is C20H15NO. The van der Waals surface area contributed by atoms with Crippen LogP contribution in [0.4, 0.5) is 11.4 Å². The minimum atomic E-state index is 0.923. The Morgan fingerprint density at radius 2 is 1.91 bits per heavy atom. The van der Waals surface area contributed by atoms with Gasteiger partial charge in [-0.1, -0.05) is 42.5 Å². The Labute approximate surface area is 129 Å². The van der Waals surface area contributed by atoms with Crippen molar-refractivity contribution in [3.63, 3.8) is 0 Å². The summed E-state index contributed by atoms with van der Waals surface area (Å²) in [5.41, 5.74) is 4.84. The van der Waals surface area contributed by atoms with Gasteiger partial charge >= 0.3 is 0 Å². The zero-order valence-electron chi connectivity index (χ0n) is 12.3. The molecule has 0 spiro atoms. The second-order valence-electron chi connectivity index (χ2n) is 5.88. The lowest BCUT2D eigenvalue weighted by Crippen LogP contribution is -2.17. The molecule has 0 fully saturated rings. The maximum Gasteiger partial charge on any atom is 0.155 e. The molecule has 0 N–H and O–H groups in total. The van der Waals surface area contributed by atoms with Crippen LogP contribution in [-0.2, 0) is 6.42 Å². The summed E-state index contributed by atoms with van der Waals surface area (Å²) in [7, 11) is 2.11. The van der Waals surface area contributed by atoms with Gasteiger partial charge in [-0.3, -0.25) is 0 Å². The van der Waals surface area contributed by atoms with Crippen LogP contribution in [0.15, 0.2) is 54.6 Å². The highest BCUT2D eigenvalue weighted by atomic mass is 16.5. The first-order valence-corrected chi connectivity index (χ1v) is 7.59. The van der Waals surface area contributed by atoms with Crippen LogP contribution in [0.25, 0.3) is 16.8 Å². The summed E-state index contributed by atoms with van der Waals surface area (Å²) >= 11 is 0. The molecule has 5 rings (SSSR count). The van der Waals surface area contributed by atoms with Gasteiger partial charge in [-0.2, -0.15) is 0 Å². The van der Waals surface area contributed by atoms with E-state index in [1.807, 2.05) is 12.1 Å². The molecule has 3 aromatic carbocycles. The van der Waals surface area contributed by atoms with E-state index >= 15 is 0 Å². The normalized spacial score (nSPS) is 14.5. The van der Waals surface area contributed by atoms with E-state index in [0.717, 1.165) is 29.3 Å². The topological polar surface area (TPSA) is 12.5 Å². The average molecular weight is 285 g/mol. The standard InChI is InChI=1S/C20H15NO/c1-21-16-10-2-3-11-18(16)22-20-15-9-5-7-13-6-4-8-14(19(13)15)12-17(20)21/h2-8,10-12H,9H2,1H3. The van der Waals surface area contributed by atoms with Gasteiger partial charge in [0.2, 0.25) is 0 Å². The van der Waals surface area contributed by atoms with E-state index in [-0.39, 0.29) is 0 Å². The van der Waals surface area contributed by atoms with Gasteiger partial charge in [0.1, 0.15) is 0 Å². The van der Waals surface area contributed by atoms with Gasteiger partial charge in [-0.25, -0.2) is 0 Å². The highest BCUT2D eigenvalue weighted by Gasteiger charge is 2.26. The SMILES string of the molecule is CN1c2ccccc2Oc2c1cc1cccc3c1c2CC=C3. The third kappa shape index (κ3) is 1.44. The van der Waals surface area contributed by atoms with E-state index in [9.17, 15) is 0 Å². The Bertz CT molecular complexity index is 955. The van der Waals surface area contributed by atoms with Crippen LogP contribution in [0.2, 0.25) is 0 Å². The van der Waals surface area contributed by atoms with Crippen LogP contribution in [-0.4, -0.2) is 7.05 Å². The number of nitrogens with zero attached hydrogens (tertiary/aromatic N) is 1. The van der Waals surface area contributed by atoms with Crippen molar-refractivity contribution >= 4 is 28.2 Å². The molecule has 0 radical (unpaired) electrons. The third-order valence-corrected chi connectivity index (χ3v) is 4.65. The van der Waals surface area contributed by atoms with E-state index < -0.39 is 0 Å². The molecule has 3 aromatic rings. The minimum Gasteiger partial charge on any atom is -0.453 e. The van der Waals surface area contributed by atoms with Gasteiger partial charge in [0.15, 0.2) is 11.5 Å². The fraction of sp³-hybridized carbons (Fsp3) is 0.100. The lowest BCUT2D eigenvalue weighted by molar-refractivity contribution is 0.471. The fourth-order valence-electron chi connectivity index (χ4n) is 3.60. The monoisotopic (exact) mass is 285 g/mol. The summed E-state index contributed by atoms with van der Waals surface area (Å²) in [6, 6.07) is 16.9. The second-order valence-corrected chi connectivity index (χ2v) is 5.88. The van der Waals surface area contributed by atoms with E-state index in [4.69, 9.17) is 4.74 Å². The number of ether oxygens (including phenoxy) is 1. The highest BCUT2D eigenvalue weighted by molar-refractivity contribution is 6.01. The van der Waals surface area contributed by atoms with Crippen LogP contribution in [0.3, 0.4) is 0 Å². The van der Waals surface area contributed by atoms with E-state index in [2.05, 4.69) is 60.5 Å². The van der Waals surface area contributed by atoms with Gasteiger partial charge in [-0.15, -0.1) is 0 Å². The zero-order valence-corrected chi connectivity index (χ0v) is 12.3. The molecule has 2 aliphatic rings. The average Bonchev–Trinajstić information content (AvgIpc) is 2.57. The van der Waals surface area contributed by atoms with E-state index in [1.54, 1.807) is 0 Å². The summed E-state index contributed by atoms with van der Waals surface area (Å²) in [6.07, 6.45) is 5.36. The number of hydrogen-bond donors (Lipinski definition) is 0. The Kier molecular flexibility index (Phi) is 2.23. The van der Waals surface area contributed by atoms with Gasteiger partial charge in [0.25, 0.3) is 0 Å². The molecule has 0 saturated carbocycles. The highest BCUT2D eigenvalue weighted by Crippen LogP contribution is 2.50. The molecule has 0 bridgehead atoms. The molecule has 2 nitrogen and oxygen atoms in total. The molecule has 22 heavy (non-hydrogen) atoms. The molecule has 1 aliphatic heterocycles. The van der Waals surface area contributed by atoms with Gasteiger partial charge in [0.05, 0.1) is 11.4 Å². The van der Waals surface area contributed by atoms with Gasteiger partial charge in [0, 0.05) is 12.6 Å². The maximum atomic E-state index is 6.29. The summed E-state index contributed by atoms with van der Waals surface area (Å²) in [4.78, 5) is 2.23. The first kappa shape index (κ1) is 11.9. The van der Waals surface area contributed by atoms with Crippen LogP contribution >= 0.6 is 0 Å². The molecule has 0 amide bonds. The largest absolute Gasteiger partial charge is 0.453 e.